The van der Waals surface area contributed by atoms with E-state index in [1.165, 1.54) is 32.6 Å². The first-order chi connectivity index (χ1) is 43.5. The number of hydrogen-bond donors (Lipinski definition) is 0. The third kappa shape index (κ3) is 16.2. The summed E-state index contributed by atoms with van der Waals surface area (Å²) in [6.07, 6.45) is 13.0. The molecule has 4 nitrogen and oxygen atoms in total. The first kappa shape index (κ1) is 60.8. The number of benzene rings is 12. The molecule has 0 radical (unpaired) electrons. The summed E-state index contributed by atoms with van der Waals surface area (Å²) in [4.78, 5) is 6.83. The van der Waals surface area contributed by atoms with Gasteiger partial charge in [0.25, 0.3) is 0 Å². The Kier molecular flexibility index (Phi) is 20.0. The standard InChI is InChI=1S/C56H52N2OSi2.C26H20BrN/c1-60(2,55-41-33-47(34-42-55)27-25-45-29-37-53(38-30-45)57(49-17-9-5-10-18-49)50-19-11-6-12-20-50)59-61(3,4)56-43-35-48(36-44-56)28-26-46-31-39-54(40-32-46)58(51-21-13-7-14-22-51)52-23-15-8-16-24-52;27-23-17-13-21(14-18-23)11-12-22-15-19-26(20-16-22)28(24-7-3-1-4-8-24)25-9-5-2-6-10-25/h5-44H,1-4H3;1-20H/b27-25+,28-26+;12-11+. The fraction of sp³-hybridized carbons (Fsp3) is 0.0488. The van der Waals surface area contributed by atoms with Gasteiger partial charge in [0.1, 0.15) is 0 Å². The van der Waals surface area contributed by atoms with Gasteiger partial charge in [-0.1, -0.05) is 259 Å². The smallest absolute Gasteiger partial charge is 0.206 e. The molecule has 0 aromatic heterocycles. The van der Waals surface area contributed by atoms with E-state index in [1.54, 1.807) is 0 Å². The second-order valence-corrected chi connectivity index (χ2v) is 31.6. The van der Waals surface area contributed by atoms with Crippen LogP contribution in [-0.2, 0) is 4.12 Å². The van der Waals surface area contributed by atoms with Crippen LogP contribution in [0.4, 0.5) is 51.2 Å². The predicted octanol–water partition coefficient (Wildman–Crippen LogP) is 22.6. The first-order valence-electron chi connectivity index (χ1n) is 30.2. The zero-order valence-electron chi connectivity index (χ0n) is 50.8. The number of halogens is 1. The van der Waals surface area contributed by atoms with Crippen LogP contribution in [0.2, 0.25) is 26.2 Å². The molecule has 0 heterocycles. The molecule has 0 N–H and O–H groups in total. The van der Waals surface area contributed by atoms with Crippen LogP contribution in [0.25, 0.3) is 36.5 Å². The lowest BCUT2D eigenvalue weighted by atomic mass is 10.1. The SMILES string of the molecule is Brc1ccc(/C=C/c2ccc(N(c3ccccc3)c3ccccc3)cc2)cc1.C[Si](C)(O[Si](C)(C)c1ccc(/C=C/c2ccc(N(c3ccccc3)c3ccccc3)cc2)cc1)c1ccc(/C=C/c2ccc(N(c3ccccc3)c3ccccc3)cc2)cc1. The van der Waals surface area contributed by atoms with Crippen LogP contribution >= 0.6 is 15.9 Å². The quantitative estimate of drug-likeness (QED) is 0.0593. The van der Waals surface area contributed by atoms with Crippen LogP contribution in [0.5, 0.6) is 0 Å². The second-order valence-electron chi connectivity index (χ2n) is 22.7. The molecule has 12 aromatic rings. The van der Waals surface area contributed by atoms with Gasteiger partial charge in [-0.3, -0.25) is 0 Å². The second kappa shape index (κ2) is 29.2. The van der Waals surface area contributed by atoms with Crippen molar-refractivity contribution < 1.29 is 4.12 Å². The van der Waals surface area contributed by atoms with Crippen LogP contribution < -0.4 is 25.1 Å². The lowest BCUT2D eigenvalue weighted by molar-refractivity contribution is 0.573. The van der Waals surface area contributed by atoms with E-state index in [4.69, 9.17) is 4.12 Å². The largest absolute Gasteiger partial charge is 0.449 e. The van der Waals surface area contributed by atoms with E-state index >= 15 is 0 Å². The van der Waals surface area contributed by atoms with Gasteiger partial charge in [-0.25, -0.2) is 0 Å². The fourth-order valence-electron chi connectivity index (χ4n) is 10.9. The molecule has 0 saturated carbocycles. The molecular formula is C82H72BrN3OSi2. The third-order valence-electron chi connectivity index (χ3n) is 15.5. The molecule has 436 valence electrons. The summed E-state index contributed by atoms with van der Waals surface area (Å²) in [5.41, 5.74) is 17.2. The Hall–Kier alpha value is -9.87. The molecule has 0 atom stereocenters. The van der Waals surface area contributed by atoms with E-state index in [2.05, 4.69) is 409 Å². The van der Waals surface area contributed by atoms with Crippen molar-refractivity contribution in [2.45, 2.75) is 26.2 Å². The minimum Gasteiger partial charge on any atom is -0.449 e. The van der Waals surface area contributed by atoms with E-state index in [-0.39, 0.29) is 0 Å². The molecule has 0 saturated heterocycles. The molecule has 89 heavy (non-hydrogen) atoms. The van der Waals surface area contributed by atoms with Gasteiger partial charge in [0.15, 0.2) is 0 Å². The Morgan fingerprint density at radius 2 is 0.393 bits per heavy atom. The van der Waals surface area contributed by atoms with Crippen molar-refractivity contribution in [2.75, 3.05) is 14.7 Å². The first-order valence-corrected chi connectivity index (χ1v) is 36.8. The van der Waals surface area contributed by atoms with Gasteiger partial charge in [0, 0.05) is 55.7 Å². The summed E-state index contributed by atoms with van der Waals surface area (Å²) in [7, 11) is -4.39. The van der Waals surface area contributed by atoms with E-state index < -0.39 is 16.6 Å². The average molecular weight is 1250 g/mol. The van der Waals surface area contributed by atoms with Crippen molar-refractivity contribution in [3.8, 4) is 0 Å². The molecule has 0 fully saturated rings. The molecule has 0 bridgehead atoms. The molecule has 0 aliphatic rings. The fourth-order valence-corrected chi connectivity index (χ4v) is 19.2. The summed E-state index contributed by atoms with van der Waals surface area (Å²) in [5.74, 6) is 0. The van der Waals surface area contributed by atoms with Crippen molar-refractivity contribution in [3.63, 3.8) is 0 Å². The van der Waals surface area contributed by atoms with Crippen molar-refractivity contribution >= 4 is 131 Å². The third-order valence-corrected chi connectivity index (χ3v) is 23.6. The zero-order valence-corrected chi connectivity index (χ0v) is 54.4. The van der Waals surface area contributed by atoms with Gasteiger partial charge in [0.2, 0.25) is 16.6 Å². The Morgan fingerprint density at radius 3 is 0.596 bits per heavy atom. The number of rotatable bonds is 19. The van der Waals surface area contributed by atoms with Gasteiger partial charge in [-0.05, 0) is 191 Å². The molecule has 0 spiro atoms. The van der Waals surface area contributed by atoms with Crippen LogP contribution in [0.1, 0.15) is 33.4 Å². The van der Waals surface area contributed by atoms with Crippen LogP contribution in [0.15, 0.2) is 332 Å². The summed E-state index contributed by atoms with van der Waals surface area (Å²) in [6.45, 7) is 9.29. The summed E-state index contributed by atoms with van der Waals surface area (Å²) in [5, 5.41) is 2.61. The van der Waals surface area contributed by atoms with Crippen molar-refractivity contribution in [2.24, 2.45) is 0 Å². The molecule has 12 rings (SSSR count). The average Bonchev–Trinajstić information content (AvgIpc) is 1.50. The molecular weight excluding hydrogens is 1180 g/mol. The van der Waals surface area contributed by atoms with Crippen molar-refractivity contribution in [1.82, 2.24) is 0 Å². The van der Waals surface area contributed by atoms with Gasteiger partial charge in [0.05, 0.1) is 0 Å². The number of hydrogen-bond acceptors (Lipinski definition) is 4. The highest BCUT2D eigenvalue weighted by molar-refractivity contribution is 9.10. The summed E-state index contributed by atoms with van der Waals surface area (Å²) < 4.78 is 8.25. The lowest BCUT2D eigenvalue weighted by Crippen LogP contribution is -2.57. The highest BCUT2D eigenvalue weighted by Crippen LogP contribution is 2.37. The maximum Gasteiger partial charge on any atom is 0.206 e. The summed E-state index contributed by atoms with van der Waals surface area (Å²) in [6, 6.07) is 115. The number of anilines is 9. The van der Waals surface area contributed by atoms with Gasteiger partial charge in [-0.15, -0.1) is 0 Å². The minimum absolute atomic E-state index is 1.09. The highest BCUT2D eigenvalue weighted by atomic mass is 79.9. The van der Waals surface area contributed by atoms with E-state index in [9.17, 15) is 0 Å². The maximum atomic E-state index is 7.16. The molecule has 7 heteroatoms. The topological polar surface area (TPSA) is 19.0 Å². The Bertz CT molecular complexity index is 3900. The van der Waals surface area contributed by atoms with Crippen molar-refractivity contribution in [1.29, 1.82) is 0 Å². The highest BCUT2D eigenvalue weighted by Gasteiger charge is 2.36. The molecule has 0 amide bonds. The predicted molar refractivity (Wildman–Crippen MR) is 393 cm³/mol. The van der Waals surface area contributed by atoms with Gasteiger partial charge < -0.3 is 18.8 Å². The van der Waals surface area contributed by atoms with E-state index in [0.717, 1.165) is 66.8 Å². The van der Waals surface area contributed by atoms with Crippen LogP contribution in [0, 0.1) is 0 Å². The Labute approximate surface area is 537 Å². The van der Waals surface area contributed by atoms with Gasteiger partial charge in [-0.2, -0.15) is 0 Å². The molecule has 0 aliphatic carbocycles. The Morgan fingerprint density at radius 1 is 0.225 bits per heavy atom. The minimum atomic E-state index is -2.19. The van der Waals surface area contributed by atoms with Crippen LogP contribution in [0.3, 0.4) is 0 Å². The van der Waals surface area contributed by atoms with E-state index in [1.807, 2.05) is 12.1 Å². The maximum absolute atomic E-state index is 7.16. The normalized spacial score (nSPS) is 11.6. The zero-order chi connectivity index (χ0) is 61.3. The Balaban J connectivity index is 0.000000242. The lowest BCUT2D eigenvalue weighted by Gasteiger charge is -2.34. The monoisotopic (exact) mass is 1250 g/mol. The molecule has 12 aromatic carbocycles. The van der Waals surface area contributed by atoms with Crippen LogP contribution in [-0.4, -0.2) is 16.6 Å². The van der Waals surface area contributed by atoms with E-state index in [0.29, 0.717) is 0 Å². The van der Waals surface area contributed by atoms with Crippen molar-refractivity contribution in [3.05, 3.63) is 365 Å². The van der Waals surface area contributed by atoms with Gasteiger partial charge >= 0.3 is 0 Å². The molecule has 0 aliphatic heterocycles. The number of nitrogens with zero attached hydrogens (tertiary/aromatic N) is 3. The number of para-hydroxylation sites is 6. The summed E-state index contributed by atoms with van der Waals surface area (Å²) >= 11 is 3.47. The molecule has 0 unspecified atom stereocenters.